The Hall–Kier alpha value is -1.30. The molecule has 0 bridgehead atoms. The van der Waals surface area contributed by atoms with Crippen LogP contribution in [0.1, 0.15) is 12.5 Å². The Bertz CT molecular complexity index is 594. The molecule has 1 unspecified atom stereocenters. The normalized spacial score (nSPS) is 11.6. The van der Waals surface area contributed by atoms with Crippen molar-refractivity contribution >= 4 is 52.3 Å². The van der Waals surface area contributed by atoms with Gasteiger partial charge in [-0.15, -0.1) is 0 Å². The van der Waals surface area contributed by atoms with Crippen molar-refractivity contribution in [3.63, 3.8) is 0 Å². The van der Waals surface area contributed by atoms with Crippen LogP contribution in [0.5, 0.6) is 0 Å². The van der Waals surface area contributed by atoms with Gasteiger partial charge in [-0.05, 0) is 11.6 Å². The standard InChI is InChI=1S/C13H14N2O3.Na.H/c1-8(16)15-12(13(17)18)6-9-7-14-11-5-3-2-4-10(9)11;;/h2-5,7,12,14H,6H2,1H3,(H,15,16)(H,17,18);;. The van der Waals surface area contributed by atoms with Gasteiger partial charge in [0.25, 0.3) is 0 Å². The molecule has 0 saturated heterocycles. The quantitative estimate of drug-likeness (QED) is 0.713. The van der Waals surface area contributed by atoms with Gasteiger partial charge in [-0.3, -0.25) is 4.79 Å². The van der Waals surface area contributed by atoms with Gasteiger partial charge < -0.3 is 15.4 Å². The number of nitrogens with one attached hydrogen (secondary N) is 2. The number of aromatic nitrogens is 1. The molecule has 6 heteroatoms. The molecule has 1 aromatic heterocycles. The van der Waals surface area contributed by atoms with E-state index in [0.717, 1.165) is 16.5 Å². The van der Waals surface area contributed by atoms with Crippen molar-refractivity contribution in [3.05, 3.63) is 36.0 Å². The van der Waals surface area contributed by atoms with E-state index in [2.05, 4.69) is 10.3 Å². The molecule has 2 aromatic rings. The first kappa shape index (κ1) is 15.8. The molecule has 0 fully saturated rings. The molecular weight excluding hydrogens is 255 g/mol. The van der Waals surface area contributed by atoms with Gasteiger partial charge in [-0.2, -0.15) is 0 Å². The first-order valence-corrected chi connectivity index (χ1v) is 5.63. The fourth-order valence-corrected chi connectivity index (χ4v) is 1.97. The van der Waals surface area contributed by atoms with Gasteiger partial charge >= 0.3 is 35.5 Å². The van der Waals surface area contributed by atoms with E-state index >= 15 is 0 Å². The molecule has 19 heavy (non-hydrogen) atoms. The number of amides is 1. The second kappa shape index (κ2) is 6.75. The van der Waals surface area contributed by atoms with E-state index < -0.39 is 12.0 Å². The van der Waals surface area contributed by atoms with Crippen LogP contribution in [0, 0.1) is 0 Å². The summed E-state index contributed by atoms with van der Waals surface area (Å²) in [5.74, 6) is -1.38. The summed E-state index contributed by atoms with van der Waals surface area (Å²) >= 11 is 0. The van der Waals surface area contributed by atoms with Crippen LogP contribution < -0.4 is 5.32 Å². The van der Waals surface area contributed by atoms with Crippen molar-refractivity contribution in [3.8, 4) is 0 Å². The molecular formula is C13H15N2NaO3. The van der Waals surface area contributed by atoms with Crippen LogP contribution in [0.4, 0.5) is 0 Å². The summed E-state index contributed by atoms with van der Waals surface area (Å²) < 4.78 is 0. The maximum absolute atomic E-state index is 11.1. The average Bonchev–Trinajstić information content (AvgIpc) is 2.71. The van der Waals surface area contributed by atoms with Crippen LogP contribution in [0.2, 0.25) is 0 Å². The topological polar surface area (TPSA) is 82.2 Å². The minimum absolute atomic E-state index is 0. The summed E-state index contributed by atoms with van der Waals surface area (Å²) in [4.78, 5) is 25.1. The molecule has 0 radical (unpaired) electrons. The zero-order valence-electron chi connectivity index (χ0n) is 9.93. The molecule has 5 nitrogen and oxygen atoms in total. The fraction of sp³-hybridized carbons (Fsp3) is 0.231. The molecule has 0 aliphatic carbocycles. The van der Waals surface area contributed by atoms with E-state index in [-0.39, 0.29) is 41.9 Å². The molecule has 96 valence electrons. The van der Waals surface area contributed by atoms with Gasteiger partial charge in [0, 0.05) is 30.4 Å². The first-order chi connectivity index (χ1) is 8.58. The first-order valence-electron chi connectivity index (χ1n) is 5.63. The van der Waals surface area contributed by atoms with Crippen molar-refractivity contribution in [2.75, 3.05) is 0 Å². The van der Waals surface area contributed by atoms with Crippen LogP contribution in [0.15, 0.2) is 30.5 Å². The van der Waals surface area contributed by atoms with Crippen LogP contribution in [-0.4, -0.2) is 57.6 Å². The van der Waals surface area contributed by atoms with Crippen molar-refractivity contribution in [2.45, 2.75) is 19.4 Å². The van der Waals surface area contributed by atoms with Gasteiger partial charge in [-0.1, -0.05) is 18.2 Å². The number of aliphatic carboxylic acids is 1. The van der Waals surface area contributed by atoms with E-state index in [1.165, 1.54) is 6.92 Å². The van der Waals surface area contributed by atoms with Gasteiger partial charge in [0.2, 0.25) is 5.91 Å². The molecule has 2 rings (SSSR count). The number of carboxylic acid groups (broad SMARTS) is 1. The predicted molar refractivity (Wildman–Crippen MR) is 74.4 cm³/mol. The van der Waals surface area contributed by atoms with Crippen molar-refractivity contribution in [2.24, 2.45) is 0 Å². The summed E-state index contributed by atoms with van der Waals surface area (Å²) in [6.07, 6.45) is 2.04. The predicted octanol–water partition coefficient (Wildman–Crippen LogP) is 0.651. The van der Waals surface area contributed by atoms with E-state index in [4.69, 9.17) is 5.11 Å². The van der Waals surface area contributed by atoms with Gasteiger partial charge in [-0.25, -0.2) is 4.79 Å². The van der Waals surface area contributed by atoms with Gasteiger partial charge in [0.05, 0.1) is 0 Å². The maximum atomic E-state index is 11.1. The van der Waals surface area contributed by atoms with Crippen LogP contribution in [0.25, 0.3) is 10.9 Å². The van der Waals surface area contributed by atoms with E-state index in [9.17, 15) is 9.59 Å². The summed E-state index contributed by atoms with van der Waals surface area (Å²) in [5.41, 5.74) is 1.84. The Kier molecular flexibility index (Phi) is 5.60. The Morgan fingerprint density at radius 2 is 2.05 bits per heavy atom. The summed E-state index contributed by atoms with van der Waals surface area (Å²) in [7, 11) is 0. The SMILES string of the molecule is CC(=O)NC(Cc1c[nH]c2ccccc12)C(=O)O.[NaH]. The van der Waals surface area contributed by atoms with Crippen LogP contribution in [-0.2, 0) is 16.0 Å². The molecule has 0 spiro atoms. The van der Waals surface area contributed by atoms with Gasteiger partial charge in [0.15, 0.2) is 0 Å². The Morgan fingerprint density at radius 3 is 2.68 bits per heavy atom. The van der Waals surface area contributed by atoms with Crippen molar-refractivity contribution < 1.29 is 14.7 Å². The number of carbonyl (C=O) groups excluding carboxylic acids is 1. The third-order valence-corrected chi connectivity index (χ3v) is 2.77. The number of carboxylic acids is 1. The number of rotatable bonds is 4. The average molecular weight is 270 g/mol. The number of hydrogen-bond acceptors (Lipinski definition) is 2. The Morgan fingerprint density at radius 1 is 1.37 bits per heavy atom. The van der Waals surface area contributed by atoms with E-state index in [0.29, 0.717) is 0 Å². The summed E-state index contributed by atoms with van der Waals surface area (Å²) in [6.45, 7) is 1.31. The molecule has 1 amide bonds. The van der Waals surface area contributed by atoms with Gasteiger partial charge in [0.1, 0.15) is 6.04 Å². The number of para-hydroxylation sites is 1. The third-order valence-electron chi connectivity index (χ3n) is 2.77. The van der Waals surface area contributed by atoms with E-state index in [1.54, 1.807) is 6.20 Å². The number of H-pyrrole nitrogens is 1. The van der Waals surface area contributed by atoms with Crippen molar-refractivity contribution in [1.29, 1.82) is 0 Å². The van der Waals surface area contributed by atoms with Crippen LogP contribution in [0.3, 0.4) is 0 Å². The van der Waals surface area contributed by atoms with Crippen LogP contribution >= 0.6 is 0 Å². The number of hydrogen-bond donors (Lipinski definition) is 3. The van der Waals surface area contributed by atoms with Crippen molar-refractivity contribution in [1.82, 2.24) is 10.3 Å². The zero-order valence-corrected chi connectivity index (χ0v) is 9.93. The molecule has 3 N–H and O–H groups in total. The monoisotopic (exact) mass is 270 g/mol. The Balaban J connectivity index is 0.00000180. The summed E-state index contributed by atoms with van der Waals surface area (Å²) in [6, 6.07) is 6.75. The molecule has 1 atom stereocenters. The molecule has 0 aliphatic heterocycles. The number of benzene rings is 1. The summed E-state index contributed by atoms with van der Waals surface area (Å²) in [5, 5.41) is 12.5. The number of aromatic amines is 1. The zero-order chi connectivity index (χ0) is 13.1. The second-order valence-electron chi connectivity index (χ2n) is 4.15. The fourth-order valence-electron chi connectivity index (χ4n) is 1.97. The van der Waals surface area contributed by atoms with E-state index in [1.807, 2.05) is 24.3 Å². The molecule has 0 aliphatic rings. The Labute approximate surface area is 132 Å². The third kappa shape index (κ3) is 3.83. The molecule has 1 aromatic carbocycles. The minimum atomic E-state index is -1.03. The number of fused-ring (bicyclic) bond motifs is 1. The second-order valence-corrected chi connectivity index (χ2v) is 4.15. The molecule has 1 heterocycles. The molecule has 0 saturated carbocycles. The number of carbonyl (C=O) groups is 2.